The molecule has 5 nitrogen and oxygen atoms in total. The van der Waals surface area contributed by atoms with E-state index in [1.165, 1.54) is 6.33 Å². The van der Waals surface area contributed by atoms with Gasteiger partial charge in [-0.05, 0) is 0 Å². The molecule has 0 radical (unpaired) electrons. The quantitative estimate of drug-likeness (QED) is 0.526. The predicted octanol–water partition coefficient (Wildman–Crippen LogP) is -0.582. The summed E-state index contributed by atoms with van der Waals surface area (Å²) in [6.45, 7) is 0. The van der Waals surface area contributed by atoms with Gasteiger partial charge in [0, 0.05) is 12.4 Å². The molecule has 50 valence electrons. The number of rotatable bonds is 0. The topological polar surface area (TPSA) is 63.0 Å². The molecule has 5 heteroatoms. The van der Waals surface area contributed by atoms with Gasteiger partial charge in [0.05, 0.1) is 0 Å². The van der Waals surface area contributed by atoms with Crippen LogP contribution in [-0.4, -0.2) is 19.6 Å². The number of hydrogen-bond acceptors (Lipinski definition) is 3. The molecule has 10 heavy (non-hydrogen) atoms. The van der Waals surface area contributed by atoms with Gasteiger partial charge in [0.1, 0.15) is 6.33 Å². The normalized spacial score (nSPS) is 10.4. The van der Waals surface area contributed by atoms with E-state index in [0.717, 1.165) is 0 Å². The van der Waals surface area contributed by atoms with Crippen LogP contribution in [0.15, 0.2) is 23.5 Å². The fourth-order valence-corrected chi connectivity index (χ4v) is 0.772. The third-order valence-corrected chi connectivity index (χ3v) is 1.23. The SMILES string of the molecule is O=c1[nH]ccn2cnnc12. The molecule has 0 unspecified atom stereocenters. The third kappa shape index (κ3) is 0.540. The Morgan fingerprint density at radius 3 is 3.30 bits per heavy atom. The zero-order valence-corrected chi connectivity index (χ0v) is 4.98. The van der Waals surface area contributed by atoms with Crippen molar-refractivity contribution in [1.29, 1.82) is 0 Å². The molecule has 0 bridgehead atoms. The van der Waals surface area contributed by atoms with Gasteiger partial charge in [0.15, 0.2) is 0 Å². The number of aromatic nitrogens is 4. The van der Waals surface area contributed by atoms with Crippen LogP contribution in [0.4, 0.5) is 0 Å². The first kappa shape index (κ1) is 5.16. The van der Waals surface area contributed by atoms with Crippen molar-refractivity contribution in [3.05, 3.63) is 29.1 Å². The van der Waals surface area contributed by atoms with E-state index in [4.69, 9.17) is 0 Å². The van der Waals surface area contributed by atoms with Crippen molar-refractivity contribution in [2.75, 3.05) is 0 Å². The molecule has 0 atom stereocenters. The molecule has 0 aromatic carbocycles. The van der Waals surface area contributed by atoms with Gasteiger partial charge in [-0.25, -0.2) is 0 Å². The second kappa shape index (κ2) is 1.66. The Labute approximate surface area is 55.3 Å². The first-order chi connectivity index (χ1) is 4.88. The molecule has 2 heterocycles. The van der Waals surface area contributed by atoms with E-state index in [9.17, 15) is 4.79 Å². The highest BCUT2D eigenvalue weighted by Gasteiger charge is 1.95. The van der Waals surface area contributed by atoms with Crippen LogP contribution in [0.2, 0.25) is 0 Å². The van der Waals surface area contributed by atoms with E-state index in [-0.39, 0.29) is 5.56 Å². The van der Waals surface area contributed by atoms with Crippen LogP contribution in [0.3, 0.4) is 0 Å². The van der Waals surface area contributed by atoms with Crippen molar-refractivity contribution in [3.8, 4) is 0 Å². The summed E-state index contributed by atoms with van der Waals surface area (Å²) in [5.74, 6) is 0. The molecule has 0 amide bonds. The Balaban J connectivity index is 3.09. The number of H-pyrrole nitrogens is 1. The molecule has 0 saturated carbocycles. The average Bonchev–Trinajstić information content (AvgIpc) is 2.36. The lowest BCUT2D eigenvalue weighted by atomic mass is 10.7. The second-order valence-electron chi connectivity index (χ2n) is 1.85. The number of hydrogen-bond donors (Lipinski definition) is 1. The fourth-order valence-electron chi connectivity index (χ4n) is 0.772. The monoisotopic (exact) mass is 136 g/mol. The van der Waals surface area contributed by atoms with Crippen LogP contribution < -0.4 is 5.56 Å². The lowest BCUT2D eigenvalue weighted by Crippen LogP contribution is -2.07. The van der Waals surface area contributed by atoms with Gasteiger partial charge in [-0.1, -0.05) is 0 Å². The maximum Gasteiger partial charge on any atom is 0.293 e. The minimum absolute atomic E-state index is 0.222. The van der Waals surface area contributed by atoms with Crippen molar-refractivity contribution in [2.24, 2.45) is 0 Å². The van der Waals surface area contributed by atoms with Crippen LogP contribution in [0.1, 0.15) is 0 Å². The highest BCUT2D eigenvalue weighted by Crippen LogP contribution is 1.85. The van der Waals surface area contributed by atoms with Crippen molar-refractivity contribution in [1.82, 2.24) is 19.6 Å². The molecular formula is C5H4N4O. The number of nitrogens with one attached hydrogen (secondary N) is 1. The van der Waals surface area contributed by atoms with Crippen LogP contribution in [-0.2, 0) is 0 Å². The number of nitrogens with zero attached hydrogens (tertiary/aromatic N) is 3. The highest BCUT2D eigenvalue weighted by atomic mass is 16.1. The van der Waals surface area contributed by atoms with E-state index in [1.807, 2.05) is 0 Å². The standard InChI is InChI=1S/C5H4N4O/c10-5-4-8-7-3-9(4)2-1-6-5/h1-3H,(H,6,10). The van der Waals surface area contributed by atoms with E-state index < -0.39 is 0 Å². The van der Waals surface area contributed by atoms with Crippen molar-refractivity contribution >= 4 is 5.65 Å². The molecule has 0 aliphatic carbocycles. The molecule has 0 aliphatic heterocycles. The van der Waals surface area contributed by atoms with Crippen molar-refractivity contribution in [3.63, 3.8) is 0 Å². The lowest BCUT2D eigenvalue weighted by molar-refractivity contribution is 1.09. The minimum Gasteiger partial charge on any atom is -0.324 e. The smallest absolute Gasteiger partial charge is 0.293 e. The van der Waals surface area contributed by atoms with Crippen LogP contribution in [0.25, 0.3) is 5.65 Å². The van der Waals surface area contributed by atoms with Crippen molar-refractivity contribution < 1.29 is 0 Å². The molecular weight excluding hydrogens is 132 g/mol. The zero-order chi connectivity index (χ0) is 6.97. The van der Waals surface area contributed by atoms with Gasteiger partial charge in [-0.2, -0.15) is 0 Å². The van der Waals surface area contributed by atoms with Gasteiger partial charge >= 0.3 is 0 Å². The molecule has 0 fully saturated rings. The molecule has 1 N–H and O–H groups in total. The minimum atomic E-state index is -0.222. The predicted molar refractivity (Wildman–Crippen MR) is 33.6 cm³/mol. The van der Waals surface area contributed by atoms with Crippen molar-refractivity contribution in [2.45, 2.75) is 0 Å². The Morgan fingerprint density at radius 1 is 1.60 bits per heavy atom. The van der Waals surface area contributed by atoms with E-state index in [1.54, 1.807) is 16.8 Å². The van der Waals surface area contributed by atoms with Gasteiger partial charge in [-0.15, -0.1) is 10.2 Å². The summed E-state index contributed by atoms with van der Waals surface area (Å²) in [6.07, 6.45) is 4.69. The maximum atomic E-state index is 10.9. The summed E-state index contributed by atoms with van der Waals surface area (Å²) in [6, 6.07) is 0. The van der Waals surface area contributed by atoms with Crippen LogP contribution >= 0.6 is 0 Å². The summed E-state index contributed by atoms with van der Waals surface area (Å²) in [4.78, 5) is 13.3. The molecule has 2 rings (SSSR count). The zero-order valence-electron chi connectivity index (χ0n) is 4.98. The summed E-state index contributed by atoms with van der Waals surface area (Å²) in [5, 5.41) is 7.14. The molecule has 0 saturated heterocycles. The van der Waals surface area contributed by atoms with Crippen LogP contribution in [0.5, 0.6) is 0 Å². The second-order valence-corrected chi connectivity index (χ2v) is 1.85. The third-order valence-electron chi connectivity index (χ3n) is 1.23. The summed E-state index contributed by atoms with van der Waals surface area (Å²) in [5.41, 5.74) is 0.0995. The van der Waals surface area contributed by atoms with Gasteiger partial charge in [0.2, 0.25) is 5.65 Å². The fraction of sp³-hybridized carbons (Fsp3) is 0. The first-order valence-corrected chi connectivity index (χ1v) is 2.75. The average molecular weight is 136 g/mol. The van der Waals surface area contributed by atoms with E-state index in [0.29, 0.717) is 5.65 Å². The summed E-state index contributed by atoms with van der Waals surface area (Å²) < 4.78 is 1.55. The van der Waals surface area contributed by atoms with E-state index in [2.05, 4.69) is 15.2 Å². The number of fused-ring (bicyclic) bond motifs is 1. The Hall–Kier alpha value is -1.65. The number of aromatic amines is 1. The molecule has 2 aromatic heterocycles. The highest BCUT2D eigenvalue weighted by molar-refractivity contribution is 5.31. The van der Waals surface area contributed by atoms with Gasteiger partial charge < -0.3 is 4.98 Å². The van der Waals surface area contributed by atoms with Gasteiger partial charge in [-0.3, -0.25) is 9.20 Å². The molecule has 0 aliphatic rings. The largest absolute Gasteiger partial charge is 0.324 e. The Bertz CT molecular complexity index is 401. The molecule has 0 spiro atoms. The van der Waals surface area contributed by atoms with Crippen LogP contribution in [0, 0.1) is 0 Å². The van der Waals surface area contributed by atoms with E-state index >= 15 is 0 Å². The molecule has 2 aromatic rings. The maximum absolute atomic E-state index is 10.9. The summed E-state index contributed by atoms with van der Waals surface area (Å²) in [7, 11) is 0. The Morgan fingerprint density at radius 2 is 2.50 bits per heavy atom. The Kier molecular flexibility index (Phi) is 0.858. The lowest BCUT2D eigenvalue weighted by Gasteiger charge is -1.85. The van der Waals surface area contributed by atoms with Gasteiger partial charge in [0.25, 0.3) is 5.56 Å². The summed E-state index contributed by atoms with van der Waals surface area (Å²) >= 11 is 0. The first-order valence-electron chi connectivity index (χ1n) is 2.75.